The summed E-state index contributed by atoms with van der Waals surface area (Å²) in [5.74, 6) is -1.29. The Morgan fingerprint density at radius 3 is 2.57 bits per heavy atom. The van der Waals surface area contributed by atoms with Crippen LogP contribution in [-0.4, -0.2) is 38.7 Å². The predicted octanol–water partition coefficient (Wildman–Crippen LogP) is 0.720. The maximum Gasteiger partial charge on any atom is 0.404 e. The molecule has 10 heteroatoms. The van der Waals surface area contributed by atoms with Gasteiger partial charge in [0.15, 0.2) is 0 Å². The van der Waals surface area contributed by atoms with E-state index in [4.69, 9.17) is 22.4 Å². The molecular weight excluding hydrogens is 324 g/mol. The third-order valence-electron chi connectivity index (χ3n) is 2.48. The predicted molar refractivity (Wildman–Crippen MR) is 73.9 cm³/mol. The fourth-order valence-electron chi connectivity index (χ4n) is 1.56. The first-order valence-electron chi connectivity index (χ1n) is 5.60. The lowest BCUT2D eigenvalue weighted by atomic mass is 10.1. The highest BCUT2D eigenvalue weighted by molar-refractivity contribution is 7.89. The molecule has 1 amide bonds. The molecule has 0 atom stereocenters. The van der Waals surface area contributed by atoms with E-state index in [9.17, 15) is 18.0 Å². The number of halogens is 1. The van der Waals surface area contributed by atoms with Crippen molar-refractivity contribution in [3.63, 3.8) is 0 Å². The highest BCUT2D eigenvalue weighted by Crippen LogP contribution is 2.24. The molecule has 1 aromatic rings. The molecule has 0 fully saturated rings. The molecule has 0 aromatic heterocycles. The van der Waals surface area contributed by atoms with E-state index in [0.29, 0.717) is 0 Å². The Labute approximate surface area is 125 Å². The third kappa shape index (κ3) is 4.59. The van der Waals surface area contributed by atoms with Gasteiger partial charge in [0.25, 0.3) is 0 Å². The Bertz CT molecular complexity index is 674. The van der Waals surface area contributed by atoms with Crippen LogP contribution in [0.5, 0.6) is 0 Å². The monoisotopic (exact) mass is 336 g/mol. The van der Waals surface area contributed by atoms with Gasteiger partial charge in [-0.15, -0.1) is 0 Å². The number of ether oxygens (including phenoxy) is 1. The van der Waals surface area contributed by atoms with Gasteiger partial charge < -0.3 is 15.6 Å². The molecule has 116 valence electrons. The summed E-state index contributed by atoms with van der Waals surface area (Å²) in [7, 11) is -4.00. The minimum Gasteiger partial charge on any atom is -0.478 e. The number of carboxylic acid groups (broad SMARTS) is 1. The zero-order valence-electron chi connectivity index (χ0n) is 10.9. The van der Waals surface area contributed by atoms with Gasteiger partial charge in [-0.2, -0.15) is 0 Å². The molecule has 0 aliphatic heterocycles. The van der Waals surface area contributed by atoms with Crippen molar-refractivity contribution in [3.8, 4) is 0 Å². The number of primary amides is 1. The number of sulfonamides is 1. The molecule has 21 heavy (non-hydrogen) atoms. The normalized spacial score (nSPS) is 11.1. The number of carboxylic acids is 1. The Balaban J connectivity index is 3.03. The zero-order valence-corrected chi connectivity index (χ0v) is 12.5. The number of rotatable bonds is 6. The number of hydrogen-bond acceptors (Lipinski definition) is 5. The Morgan fingerprint density at radius 1 is 1.43 bits per heavy atom. The van der Waals surface area contributed by atoms with Crippen LogP contribution in [0.4, 0.5) is 4.79 Å². The molecule has 0 aliphatic carbocycles. The fraction of sp³-hybridized carbons (Fsp3) is 0.273. The highest BCUT2D eigenvalue weighted by atomic mass is 35.5. The van der Waals surface area contributed by atoms with Crippen molar-refractivity contribution in [2.45, 2.75) is 11.8 Å². The van der Waals surface area contributed by atoms with Gasteiger partial charge in [0.2, 0.25) is 10.0 Å². The quantitative estimate of drug-likeness (QED) is 0.655. The summed E-state index contributed by atoms with van der Waals surface area (Å²) in [5, 5.41) is 8.99. The van der Waals surface area contributed by atoms with Crippen molar-refractivity contribution in [3.05, 3.63) is 28.3 Å². The van der Waals surface area contributed by atoms with E-state index in [2.05, 4.69) is 9.46 Å². The van der Waals surface area contributed by atoms with Crippen LogP contribution in [0.2, 0.25) is 5.02 Å². The van der Waals surface area contributed by atoms with E-state index < -0.39 is 22.1 Å². The first-order chi connectivity index (χ1) is 9.65. The average Bonchev–Trinajstić information content (AvgIpc) is 2.36. The van der Waals surface area contributed by atoms with Crippen molar-refractivity contribution < 1.29 is 27.9 Å². The maximum atomic E-state index is 12.1. The molecule has 0 bridgehead atoms. The molecule has 0 unspecified atom stereocenters. The number of hydrogen-bond donors (Lipinski definition) is 3. The van der Waals surface area contributed by atoms with E-state index in [0.717, 1.165) is 12.1 Å². The second kappa shape index (κ2) is 6.74. The summed E-state index contributed by atoms with van der Waals surface area (Å²) in [4.78, 5) is 21.1. The number of amides is 1. The van der Waals surface area contributed by atoms with Crippen molar-refractivity contribution in [1.29, 1.82) is 0 Å². The molecular formula is C11H13ClN2O6S. The van der Waals surface area contributed by atoms with Gasteiger partial charge in [-0.1, -0.05) is 11.6 Å². The molecule has 0 saturated carbocycles. The average molecular weight is 337 g/mol. The molecule has 1 aromatic carbocycles. The smallest absolute Gasteiger partial charge is 0.404 e. The van der Waals surface area contributed by atoms with Crippen LogP contribution in [0.25, 0.3) is 0 Å². The summed E-state index contributed by atoms with van der Waals surface area (Å²) in [5.41, 5.74) is 4.57. The molecule has 4 N–H and O–H groups in total. The van der Waals surface area contributed by atoms with E-state index >= 15 is 0 Å². The summed E-state index contributed by atoms with van der Waals surface area (Å²) in [6.45, 7) is 0.897. The van der Waals surface area contributed by atoms with Gasteiger partial charge in [0.05, 0.1) is 10.5 Å². The van der Waals surface area contributed by atoms with E-state index in [-0.39, 0.29) is 34.2 Å². The summed E-state index contributed by atoms with van der Waals surface area (Å²) < 4.78 is 30.7. The lowest BCUT2D eigenvalue weighted by molar-refractivity contribution is 0.0695. The fourth-order valence-corrected chi connectivity index (χ4v) is 3.15. The van der Waals surface area contributed by atoms with Crippen LogP contribution < -0.4 is 10.5 Å². The number of carbonyl (C=O) groups excluding carboxylic acids is 1. The standard InChI is InChI=1S/C11H13ClN2O6S/c1-6-8(10(15)16)4-7(12)5-9(6)21(18,19)14-2-3-20-11(13)17/h4-5,14H,2-3H2,1H3,(H2,13,17)(H,15,16). The first-order valence-corrected chi connectivity index (χ1v) is 7.46. The van der Waals surface area contributed by atoms with Crippen LogP contribution >= 0.6 is 11.6 Å². The van der Waals surface area contributed by atoms with E-state index in [1.165, 1.54) is 6.92 Å². The van der Waals surface area contributed by atoms with Crippen LogP contribution in [-0.2, 0) is 14.8 Å². The lowest BCUT2D eigenvalue weighted by Crippen LogP contribution is -2.30. The Morgan fingerprint density at radius 2 is 2.05 bits per heavy atom. The number of benzene rings is 1. The Hall–Kier alpha value is -1.84. The number of aromatic carboxylic acids is 1. The van der Waals surface area contributed by atoms with Crippen LogP contribution in [0.3, 0.4) is 0 Å². The van der Waals surface area contributed by atoms with Gasteiger partial charge in [-0.25, -0.2) is 22.7 Å². The lowest BCUT2D eigenvalue weighted by Gasteiger charge is -2.11. The molecule has 0 saturated heterocycles. The van der Waals surface area contributed by atoms with Crippen LogP contribution in [0.1, 0.15) is 15.9 Å². The second-order valence-corrected chi connectivity index (χ2v) is 6.12. The second-order valence-electron chi connectivity index (χ2n) is 3.95. The molecule has 0 heterocycles. The summed E-state index contributed by atoms with van der Waals surface area (Å²) in [6.07, 6.45) is -1.03. The topological polar surface area (TPSA) is 136 Å². The Kier molecular flexibility index (Phi) is 5.53. The van der Waals surface area contributed by atoms with Gasteiger partial charge in [0.1, 0.15) is 6.61 Å². The van der Waals surface area contributed by atoms with Crippen LogP contribution in [0, 0.1) is 6.92 Å². The molecule has 8 nitrogen and oxygen atoms in total. The first kappa shape index (κ1) is 17.2. The van der Waals surface area contributed by atoms with Crippen molar-refractivity contribution in [2.75, 3.05) is 13.2 Å². The molecule has 0 aliphatic rings. The largest absolute Gasteiger partial charge is 0.478 e. The van der Waals surface area contributed by atoms with E-state index in [1.807, 2.05) is 0 Å². The summed E-state index contributed by atoms with van der Waals surface area (Å²) in [6, 6.07) is 2.30. The highest BCUT2D eigenvalue weighted by Gasteiger charge is 2.21. The number of nitrogens with two attached hydrogens (primary N) is 1. The van der Waals surface area contributed by atoms with E-state index in [1.54, 1.807) is 0 Å². The van der Waals surface area contributed by atoms with Gasteiger partial charge in [-0.05, 0) is 24.6 Å². The number of carbonyl (C=O) groups is 2. The minimum atomic E-state index is -4.00. The van der Waals surface area contributed by atoms with Crippen molar-refractivity contribution in [2.24, 2.45) is 5.73 Å². The van der Waals surface area contributed by atoms with Crippen molar-refractivity contribution in [1.82, 2.24) is 4.72 Å². The van der Waals surface area contributed by atoms with Gasteiger partial charge in [-0.3, -0.25) is 0 Å². The zero-order chi connectivity index (χ0) is 16.2. The van der Waals surface area contributed by atoms with Gasteiger partial charge in [0, 0.05) is 11.6 Å². The SMILES string of the molecule is Cc1c(C(=O)O)cc(Cl)cc1S(=O)(=O)NCCOC(N)=O. The van der Waals surface area contributed by atoms with Crippen LogP contribution in [0.15, 0.2) is 17.0 Å². The summed E-state index contributed by atoms with van der Waals surface area (Å²) >= 11 is 5.73. The third-order valence-corrected chi connectivity index (χ3v) is 4.29. The molecule has 0 radical (unpaired) electrons. The van der Waals surface area contributed by atoms with Gasteiger partial charge >= 0.3 is 12.1 Å². The minimum absolute atomic E-state index is 0.0215. The van der Waals surface area contributed by atoms with Crippen molar-refractivity contribution >= 4 is 33.7 Å². The maximum absolute atomic E-state index is 12.1. The number of nitrogens with one attached hydrogen (secondary N) is 1. The molecule has 1 rings (SSSR count). The molecule has 0 spiro atoms.